The average molecular weight is 457 g/mol. The zero-order valence-corrected chi connectivity index (χ0v) is 22.3. The molecule has 3 heteroatoms. The number of rotatable bonds is 1. The number of carbonyl (C=O) groups is 1. The number of hydrogen-bond acceptors (Lipinski definition) is 2. The summed E-state index contributed by atoms with van der Waals surface area (Å²) in [4.78, 5) is 12.5. The highest BCUT2D eigenvalue weighted by Gasteiger charge is 2.69. The van der Waals surface area contributed by atoms with Gasteiger partial charge in [0.05, 0.1) is 11.5 Å². The minimum absolute atomic E-state index is 0.0308. The smallest absolute Gasteiger partial charge is 0.312 e. The van der Waals surface area contributed by atoms with Crippen molar-refractivity contribution >= 4 is 5.97 Å². The lowest BCUT2D eigenvalue weighted by molar-refractivity contribution is -0.216. The predicted octanol–water partition coefficient (Wildman–Crippen LogP) is 7.23. The maximum Gasteiger partial charge on any atom is 0.312 e. The van der Waals surface area contributed by atoms with Crippen LogP contribution in [0, 0.1) is 50.2 Å². The van der Waals surface area contributed by atoms with Crippen LogP contribution in [0.15, 0.2) is 11.6 Å². The van der Waals surface area contributed by atoms with Gasteiger partial charge in [0, 0.05) is 0 Å². The SMILES string of the molecule is CC1(C)CC[C@]2(C)CC[C@]3(C)C(=CC[C@@H]4[C@@]5(C)CC[C@@H](O)[C@@](C)(C(=O)O)[C@@H]5CC[C@]43C)[C@@H]2C1. The van der Waals surface area contributed by atoms with Crippen molar-refractivity contribution < 1.29 is 15.0 Å². The van der Waals surface area contributed by atoms with Crippen molar-refractivity contribution in [3.05, 3.63) is 11.6 Å². The van der Waals surface area contributed by atoms with E-state index in [1.165, 1.54) is 32.1 Å². The molecule has 2 N–H and O–H groups in total. The van der Waals surface area contributed by atoms with E-state index in [0.29, 0.717) is 29.1 Å². The first-order chi connectivity index (χ1) is 15.1. The monoisotopic (exact) mass is 456 g/mol. The van der Waals surface area contributed by atoms with E-state index in [1.807, 2.05) is 6.92 Å². The molecule has 5 aliphatic carbocycles. The Morgan fingerprint density at radius 1 is 0.879 bits per heavy atom. The van der Waals surface area contributed by atoms with Crippen LogP contribution in [0.4, 0.5) is 0 Å². The standard InChI is InChI=1S/C30H48O3/c1-25(2)14-15-26(3)16-17-28(5)19(20(26)18-25)8-9-21-27(4)12-11-23(31)30(7,24(32)33)22(27)10-13-29(21,28)6/h8,20-23,31H,9-18H2,1-7H3,(H,32,33)/t20-,21+,22+,23+,26+,27+,28+,29+,30-/m0/s1. The number of carboxylic acids is 1. The molecule has 5 aliphatic rings. The average Bonchev–Trinajstić information content (AvgIpc) is 2.72. The van der Waals surface area contributed by atoms with Crippen LogP contribution < -0.4 is 0 Å². The first kappa shape index (κ1) is 23.9. The summed E-state index contributed by atoms with van der Waals surface area (Å²) in [6.45, 7) is 16.9. The van der Waals surface area contributed by atoms with Crippen LogP contribution in [0.1, 0.15) is 113 Å². The molecule has 0 amide bonds. The first-order valence-electron chi connectivity index (χ1n) is 13.8. The summed E-state index contributed by atoms with van der Waals surface area (Å²) < 4.78 is 0. The molecule has 0 aromatic heterocycles. The zero-order chi connectivity index (χ0) is 24.2. The second-order valence-electron chi connectivity index (χ2n) is 15.0. The third-order valence-electron chi connectivity index (χ3n) is 13.2. The van der Waals surface area contributed by atoms with E-state index >= 15 is 0 Å². The Morgan fingerprint density at radius 2 is 1.55 bits per heavy atom. The van der Waals surface area contributed by atoms with Crippen molar-refractivity contribution in [2.75, 3.05) is 0 Å². The van der Waals surface area contributed by atoms with Crippen LogP contribution in [0.2, 0.25) is 0 Å². The van der Waals surface area contributed by atoms with Crippen molar-refractivity contribution in [2.45, 2.75) is 119 Å². The van der Waals surface area contributed by atoms with Gasteiger partial charge in [0.1, 0.15) is 0 Å². The molecule has 33 heavy (non-hydrogen) atoms. The summed E-state index contributed by atoms with van der Waals surface area (Å²) in [7, 11) is 0. The third-order valence-corrected chi connectivity index (χ3v) is 13.2. The Hall–Kier alpha value is -0.830. The number of aliphatic carboxylic acids is 1. The van der Waals surface area contributed by atoms with Crippen molar-refractivity contribution in [1.82, 2.24) is 0 Å². The molecule has 0 aromatic rings. The molecule has 0 aromatic carbocycles. The van der Waals surface area contributed by atoms with Gasteiger partial charge in [0.2, 0.25) is 0 Å². The van der Waals surface area contributed by atoms with E-state index in [-0.39, 0.29) is 22.2 Å². The van der Waals surface area contributed by atoms with Crippen molar-refractivity contribution in [2.24, 2.45) is 50.2 Å². The molecule has 0 bridgehead atoms. The van der Waals surface area contributed by atoms with Gasteiger partial charge in [-0.05, 0) is 116 Å². The molecule has 3 nitrogen and oxygen atoms in total. The molecule has 0 spiro atoms. The number of aliphatic hydroxyl groups excluding tert-OH is 1. The molecule has 0 radical (unpaired) electrons. The van der Waals surface area contributed by atoms with Gasteiger partial charge in [0.15, 0.2) is 0 Å². The molecular formula is C30H48O3. The second kappa shape index (κ2) is 6.89. The Morgan fingerprint density at radius 3 is 2.21 bits per heavy atom. The zero-order valence-electron chi connectivity index (χ0n) is 22.3. The van der Waals surface area contributed by atoms with Gasteiger partial charge >= 0.3 is 5.97 Å². The fraction of sp³-hybridized carbons (Fsp3) is 0.900. The maximum absolute atomic E-state index is 12.5. The summed E-state index contributed by atoms with van der Waals surface area (Å²) >= 11 is 0. The van der Waals surface area contributed by atoms with Gasteiger partial charge in [0.25, 0.3) is 0 Å². The number of hydrogen-bond donors (Lipinski definition) is 2. The Balaban J connectivity index is 1.58. The lowest BCUT2D eigenvalue weighted by Crippen LogP contribution is -2.66. The van der Waals surface area contributed by atoms with E-state index in [9.17, 15) is 15.0 Å². The van der Waals surface area contributed by atoms with E-state index in [4.69, 9.17) is 0 Å². The maximum atomic E-state index is 12.5. The van der Waals surface area contributed by atoms with Crippen molar-refractivity contribution in [3.63, 3.8) is 0 Å². The Labute approximate surface area is 201 Å². The summed E-state index contributed by atoms with van der Waals surface area (Å²) in [5.74, 6) is 0.432. The normalized spacial score (nSPS) is 55.3. The molecule has 4 fully saturated rings. The van der Waals surface area contributed by atoms with Crippen LogP contribution in [-0.4, -0.2) is 22.3 Å². The molecular weight excluding hydrogens is 408 g/mol. The Kier molecular flexibility index (Phi) is 4.99. The Bertz CT molecular complexity index is 889. The highest BCUT2D eigenvalue weighted by molar-refractivity contribution is 5.76. The molecule has 186 valence electrons. The van der Waals surface area contributed by atoms with Gasteiger partial charge in [-0.1, -0.05) is 53.2 Å². The first-order valence-corrected chi connectivity index (χ1v) is 13.8. The number of carboxylic acid groups (broad SMARTS) is 1. The van der Waals surface area contributed by atoms with Gasteiger partial charge < -0.3 is 10.2 Å². The highest BCUT2D eigenvalue weighted by Crippen LogP contribution is 2.75. The minimum atomic E-state index is -1.03. The second-order valence-corrected chi connectivity index (χ2v) is 15.0. The van der Waals surface area contributed by atoms with E-state index in [0.717, 1.165) is 25.7 Å². The largest absolute Gasteiger partial charge is 0.481 e. The molecule has 5 rings (SSSR count). The van der Waals surface area contributed by atoms with E-state index in [2.05, 4.69) is 47.6 Å². The highest BCUT2D eigenvalue weighted by atomic mass is 16.4. The fourth-order valence-corrected chi connectivity index (χ4v) is 10.5. The molecule has 0 aliphatic heterocycles. The van der Waals surface area contributed by atoms with Crippen molar-refractivity contribution in [3.8, 4) is 0 Å². The van der Waals surface area contributed by atoms with Crippen LogP contribution in [0.3, 0.4) is 0 Å². The van der Waals surface area contributed by atoms with Crippen LogP contribution in [0.25, 0.3) is 0 Å². The van der Waals surface area contributed by atoms with Crippen LogP contribution >= 0.6 is 0 Å². The van der Waals surface area contributed by atoms with Crippen LogP contribution in [0.5, 0.6) is 0 Å². The quantitative estimate of drug-likeness (QED) is 0.409. The minimum Gasteiger partial charge on any atom is -0.481 e. The molecule has 9 atom stereocenters. The van der Waals surface area contributed by atoms with Crippen LogP contribution in [-0.2, 0) is 4.79 Å². The van der Waals surface area contributed by atoms with Gasteiger partial charge in [-0.2, -0.15) is 0 Å². The van der Waals surface area contributed by atoms with Gasteiger partial charge in [-0.3, -0.25) is 4.79 Å². The molecule has 0 heterocycles. The van der Waals surface area contributed by atoms with E-state index < -0.39 is 17.5 Å². The third kappa shape index (κ3) is 2.87. The van der Waals surface area contributed by atoms with Gasteiger partial charge in [-0.15, -0.1) is 0 Å². The summed E-state index contributed by atoms with van der Waals surface area (Å²) in [6.07, 6.45) is 13.2. The molecule has 4 saturated carbocycles. The summed E-state index contributed by atoms with van der Waals surface area (Å²) in [6, 6.07) is 0. The van der Waals surface area contributed by atoms with Gasteiger partial charge in [-0.25, -0.2) is 0 Å². The molecule has 0 saturated heterocycles. The van der Waals surface area contributed by atoms with Crippen molar-refractivity contribution in [1.29, 1.82) is 0 Å². The lowest BCUT2D eigenvalue weighted by atomic mass is 9.33. The number of aliphatic hydroxyl groups is 1. The number of allylic oxidation sites excluding steroid dienone is 2. The fourth-order valence-electron chi connectivity index (χ4n) is 10.5. The topological polar surface area (TPSA) is 57.5 Å². The molecule has 0 unspecified atom stereocenters. The summed E-state index contributed by atoms with van der Waals surface area (Å²) in [5.41, 5.74) is 1.98. The lowest BCUT2D eigenvalue weighted by Gasteiger charge is -2.71. The van der Waals surface area contributed by atoms with E-state index in [1.54, 1.807) is 5.57 Å². The predicted molar refractivity (Wildman–Crippen MR) is 133 cm³/mol. The summed E-state index contributed by atoms with van der Waals surface area (Å²) in [5, 5.41) is 21.1. The number of fused-ring (bicyclic) bond motifs is 7.